The topological polar surface area (TPSA) is 52.7 Å². The molecule has 0 aliphatic rings. The Labute approximate surface area is 209 Å². The third kappa shape index (κ3) is 8.17. The zero-order valence-corrected chi connectivity index (χ0v) is 21.1. The van der Waals surface area contributed by atoms with E-state index in [4.69, 9.17) is 0 Å². The molecular formula is C27H31F2N3O2S. The average molecular weight is 500 g/mol. The van der Waals surface area contributed by atoms with Crippen molar-refractivity contribution in [1.82, 2.24) is 9.80 Å². The molecule has 0 saturated heterocycles. The molecule has 1 heterocycles. The van der Waals surface area contributed by atoms with Gasteiger partial charge >= 0.3 is 6.03 Å². The number of carbonyl (C=O) groups is 2. The minimum absolute atomic E-state index is 0.128. The standard InChI is InChI=1S/C27H31F2N3O2S/c1-4-19(2)15-32(27(34)30-24-7-5-6-23(29)14-24)18-26(33)31(17-25-13-8-20(3)35-25)16-21-9-11-22(28)12-10-21/h5-14,19H,4,15-18H2,1-3H3,(H,30,34). The van der Waals surface area contributed by atoms with E-state index in [1.807, 2.05) is 32.9 Å². The molecule has 0 spiro atoms. The Kier molecular flexibility index (Phi) is 9.37. The quantitative estimate of drug-likeness (QED) is 0.349. The molecule has 1 aromatic heterocycles. The van der Waals surface area contributed by atoms with Crippen LogP contribution in [0.1, 0.15) is 35.6 Å². The number of aryl methyl sites for hydroxylation is 1. The lowest BCUT2D eigenvalue weighted by Gasteiger charge is -2.29. The number of thiophene rings is 1. The van der Waals surface area contributed by atoms with Gasteiger partial charge in [0.25, 0.3) is 0 Å². The number of amides is 3. The highest BCUT2D eigenvalue weighted by Gasteiger charge is 2.24. The second-order valence-electron chi connectivity index (χ2n) is 8.72. The summed E-state index contributed by atoms with van der Waals surface area (Å²) in [6.45, 7) is 6.97. The van der Waals surface area contributed by atoms with E-state index in [0.717, 1.165) is 21.7 Å². The SMILES string of the molecule is CCC(C)CN(CC(=O)N(Cc1ccc(F)cc1)Cc1ccc(C)s1)C(=O)Nc1cccc(F)c1. The number of benzene rings is 2. The number of anilines is 1. The first kappa shape index (κ1) is 26.3. The smallest absolute Gasteiger partial charge is 0.322 e. The fourth-order valence-corrected chi connectivity index (χ4v) is 4.46. The highest BCUT2D eigenvalue weighted by Crippen LogP contribution is 2.20. The van der Waals surface area contributed by atoms with Crippen LogP contribution in [0.2, 0.25) is 0 Å². The van der Waals surface area contributed by atoms with E-state index in [1.165, 1.54) is 35.2 Å². The normalized spacial score (nSPS) is 11.7. The van der Waals surface area contributed by atoms with Gasteiger partial charge in [0.2, 0.25) is 5.91 Å². The largest absolute Gasteiger partial charge is 0.332 e. The van der Waals surface area contributed by atoms with E-state index in [0.29, 0.717) is 25.3 Å². The van der Waals surface area contributed by atoms with Gasteiger partial charge in [-0.3, -0.25) is 4.79 Å². The van der Waals surface area contributed by atoms with Crippen LogP contribution in [0, 0.1) is 24.5 Å². The van der Waals surface area contributed by atoms with Gasteiger partial charge in [0.1, 0.15) is 18.2 Å². The molecule has 0 radical (unpaired) electrons. The third-order valence-corrected chi connectivity index (χ3v) is 6.69. The fraction of sp³-hybridized carbons (Fsp3) is 0.333. The second kappa shape index (κ2) is 12.4. The molecule has 35 heavy (non-hydrogen) atoms. The Bertz CT molecular complexity index is 1130. The minimum atomic E-state index is -0.460. The first-order valence-corrected chi connectivity index (χ1v) is 12.4. The van der Waals surface area contributed by atoms with E-state index in [9.17, 15) is 18.4 Å². The summed E-state index contributed by atoms with van der Waals surface area (Å²) in [5.74, 6) is -0.844. The number of halogens is 2. The van der Waals surface area contributed by atoms with E-state index >= 15 is 0 Å². The highest BCUT2D eigenvalue weighted by molar-refractivity contribution is 7.11. The number of hydrogen-bond donors (Lipinski definition) is 1. The maximum absolute atomic E-state index is 13.6. The van der Waals surface area contributed by atoms with Crippen molar-refractivity contribution < 1.29 is 18.4 Å². The zero-order valence-electron chi connectivity index (χ0n) is 20.3. The molecule has 8 heteroatoms. The van der Waals surface area contributed by atoms with Gasteiger partial charge in [-0.25, -0.2) is 13.6 Å². The predicted molar refractivity (Wildman–Crippen MR) is 136 cm³/mol. The van der Waals surface area contributed by atoms with Crippen LogP contribution in [-0.2, 0) is 17.9 Å². The summed E-state index contributed by atoms with van der Waals surface area (Å²) in [5, 5.41) is 2.70. The van der Waals surface area contributed by atoms with Crippen molar-refractivity contribution in [2.75, 3.05) is 18.4 Å². The maximum Gasteiger partial charge on any atom is 0.322 e. The van der Waals surface area contributed by atoms with Gasteiger partial charge in [-0.2, -0.15) is 0 Å². The van der Waals surface area contributed by atoms with Crippen molar-refractivity contribution in [1.29, 1.82) is 0 Å². The maximum atomic E-state index is 13.6. The Balaban J connectivity index is 1.79. The van der Waals surface area contributed by atoms with E-state index in [1.54, 1.807) is 34.4 Å². The van der Waals surface area contributed by atoms with Crippen LogP contribution >= 0.6 is 11.3 Å². The van der Waals surface area contributed by atoms with Crippen LogP contribution in [0.3, 0.4) is 0 Å². The molecule has 186 valence electrons. The fourth-order valence-electron chi connectivity index (χ4n) is 3.56. The third-order valence-electron chi connectivity index (χ3n) is 5.70. The summed E-state index contributed by atoms with van der Waals surface area (Å²) >= 11 is 1.61. The van der Waals surface area contributed by atoms with Gasteiger partial charge in [0, 0.05) is 28.5 Å². The van der Waals surface area contributed by atoms with Crippen LogP contribution in [0.4, 0.5) is 19.3 Å². The number of rotatable bonds is 10. The predicted octanol–water partition coefficient (Wildman–Crippen LogP) is 6.44. The van der Waals surface area contributed by atoms with Crippen LogP contribution in [0.15, 0.2) is 60.7 Å². The monoisotopic (exact) mass is 499 g/mol. The van der Waals surface area contributed by atoms with Crippen molar-refractivity contribution in [2.45, 2.75) is 40.3 Å². The molecule has 0 bridgehead atoms. The van der Waals surface area contributed by atoms with Crippen molar-refractivity contribution in [3.63, 3.8) is 0 Å². The molecule has 5 nitrogen and oxygen atoms in total. The molecule has 0 fully saturated rings. The molecule has 0 aliphatic carbocycles. The Morgan fingerprint density at radius 3 is 2.34 bits per heavy atom. The second-order valence-corrected chi connectivity index (χ2v) is 10.1. The molecular weight excluding hydrogens is 468 g/mol. The number of nitrogens with zero attached hydrogens (tertiary/aromatic N) is 2. The minimum Gasteiger partial charge on any atom is -0.332 e. The molecule has 1 N–H and O–H groups in total. The lowest BCUT2D eigenvalue weighted by molar-refractivity contribution is -0.133. The van der Waals surface area contributed by atoms with E-state index in [-0.39, 0.29) is 24.2 Å². The van der Waals surface area contributed by atoms with Gasteiger partial charge in [-0.1, -0.05) is 38.5 Å². The summed E-state index contributed by atoms with van der Waals surface area (Å²) in [6.07, 6.45) is 0.839. The lowest BCUT2D eigenvalue weighted by atomic mass is 10.1. The molecule has 2 aromatic carbocycles. The van der Waals surface area contributed by atoms with Gasteiger partial charge < -0.3 is 15.1 Å². The molecule has 1 atom stereocenters. The van der Waals surface area contributed by atoms with Gasteiger partial charge in [-0.15, -0.1) is 11.3 Å². The van der Waals surface area contributed by atoms with Crippen LogP contribution < -0.4 is 5.32 Å². The number of hydrogen-bond acceptors (Lipinski definition) is 3. The van der Waals surface area contributed by atoms with Gasteiger partial charge in [0.15, 0.2) is 0 Å². The summed E-state index contributed by atoms with van der Waals surface area (Å²) in [4.78, 5) is 31.9. The van der Waals surface area contributed by atoms with E-state index < -0.39 is 11.8 Å². The first-order chi connectivity index (χ1) is 16.7. The molecule has 3 rings (SSSR count). The number of urea groups is 1. The molecule has 3 amide bonds. The summed E-state index contributed by atoms with van der Waals surface area (Å²) in [5.41, 5.74) is 1.12. The van der Waals surface area contributed by atoms with Crippen molar-refractivity contribution in [3.05, 3.63) is 87.6 Å². The highest BCUT2D eigenvalue weighted by atomic mass is 32.1. The molecule has 1 unspecified atom stereocenters. The first-order valence-electron chi connectivity index (χ1n) is 11.6. The summed E-state index contributed by atoms with van der Waals surface area (Å²) in [6, 6.07) is 15.2. The van der Waals surface area contributed by atoms with Crippen molar-refractivity contribution in [3.8, 4) is 0 Å². The number of nitrogens with one attached hydrogen (secondary N) is 1. The Morgan fingerprint density at radius 1 is 0.971 bits per heavy atom. The summed E-state index contributed by atoms with van der Waals surface area (Å²) in [7, 11) is 0. The average Bonchev–Trinajstić information content (AvgIpc) is 3.23. The molecule has 0 saturated carbocycles. The van der Waals surface area contributed by atoms with Crippen molar-refractivity contribution >= 4 is 29.0 Å². The molecule has 0 aliphatic heterocycles. The summed E-state index contributed by atoms with van der Waals surface area (Å²) < 4.78 is 27.0. The van der Waals surface area contributed by atoms with Crippen molar-refractivity contribution in [2.24, 2.45) is 5.92 Å². The zero-order chi connectivity index (χ0) is 25.4. The lowest BCUT2D eigenvalue weighted by Crippen LogP contribution is -2.45. The van der Waals surface area contributed by atoms with Crippen LogP contribution in [0.25, 0.3) is 0 Å². The van der Waals surface area contributed by atoms with Gasteiger partial charge in [0.05, 0.1) is 6.54 Å². The van der Waals surface area contributed by atoms with E-state index in [2.05, 4.69) is 5.32 Å². The van der Waals surface area contributed by atoms with Gasteiger partial charge in [-0.05, 0) is 60.9 Å². The van der Waals surface area contributed by atoms with Crippen LogP contribution in [0.5, 0.6) is 0 Å². The number of carbonyl (C=O) groups excluding carboxylic acids is 2. The Morgan fingerprint density at radius 2 is 1.71 bits per heavy atom. The molecule has 3 aromatic rings. The Hall–Kier alpha value is -3.26. The van der Waals surface area contributed by atoms with Crippen LogP contribution in [-0.4, -0.2) is 34.8 Å².